The van der Waals surface area contributed by atoms with Crippen molar-refractivity contribution in [3.05, 3.63) is 0 Å². The minimum Gasteiger partial charge on any atom is -0.351 e. The summed E-state index contributed by atoms with van der Waals surface area (Å²) in [5.74, 6) is 0. The molecule has 2 aliphatic heterocycles. The van der Waals surface area contributed by atoms with Gasteiger partial charge in [-0.2, -0.15) is 0 Å². The first-order valence-electron chi connectivity index (χ1n) is 7.57. The van der Waals surface area contributed by atoms with Crippen molar-refractivity contribution in [3.8, 4) is 0 Å². The zero-order chi connectivity index (χ0) is 13.9. The summed E-state index contributed by atoms with van der Waals surface area (Å²) >= 11 is 0. The third-order valence-electron chi connectivity index (χ3n) is 4.41. The molecule has 5 nitrogen and oxygen atoms in total. The highest BCUT2D eigenvalue weighted by molar-refractivity contribution is 5.67. The molecule has 3 fully saturated rings. The summed E-state index contributed by atoms with van der Waals surface area (Å²) in [6.07, 6.45) is 3.82. The first kappa shape index (κ1) is 14.6. The molecule has 3 aliphatic rings. The lowest BCUT2D eigenvalue weighted by Crippen LogP contribution is -2.61. The Balaban J connectivity index is 0.000000637. The molecule has 0 unspecified atom stereocenters. The van der Waals surface area contributed by atoms with Gasteiger partial charge in [0.05, 0.1) is 0 Å². The van der Waals surface area contributed by atoms with E-state index in [1.165, 1.54) is 19.3 Å². The van der Waals surface area contributed by atoms with Crippen molar-refractivity contribution in [2.75, 3.05) is 46.3 Å². The van der Waals surface area contributed by atoms with Crippen molar-refractivity contribution in [1.29, 1.82) is 0 Å². The van der Waals surface area contributed by atoms with Crippen LogP contribution >= 0.6 is 0 Å². The summed E-state index contributed by atoms with van der Waals surface area (Å²) in [5.41, 5.74) is 0.516. The fourth-order valence-corrected chi connectivity index (χ4v) is 2.92. The smallest absolute Gasteiger partial charge is 0.351 e. The second-order valence-electron chi connectivity index (χ2n) is 5.80. The molecule has 1 aliphatic carbocycles. The molecule has 1 spiro atoms. The summed E-state index contributed by atoms with van der Waals surface area (Å²) in [6.45, 7) is 9.36. The van der Waals surface area contributed by atoms with Crippen LogP contribution in [0.4, 0.5) is 4.79 Å². The van der Waals surface area contributed by atoms with Crippen molar-refractivity contribution < 1.29 is 9.63 Å². The van der Waals surface area contributed by atoms with Crippen LogP contribution < -0.4 is 0 Å². The van der Waals surface area contributed by atoms with Gasteiger partial charge in [0.1, 0.15) is 0 Å². The van der Waals surface area contributed by atoms with Crippen LogP contribution in [0.25, 0.3) is 0 Å². The van der Waals surface area contributed by atoms with Crippen LogP contribution in [-0.4, -0.2) is 67.3 Å². The van der Waals surface area contributed by atoms with Gasteiger partial charge >= 0.3 is 6.09 Å². The molecule has 0 radical (unpaired) electrons. The SMILES string of the molecule is CC.CN1CCN(C(=O)ON2CC3(CCC3)C2)CC1. The first-order valence-corrected chi connectivity index (χ1v) is 7.57. The second-order valence-corrected chi connectivity index (χ2v) is 5.80. The number of hydrogen-bond acceptors (Lipinski definition) is 4. The van der Waals surface area contributed by atoms with Crippen LogP contribution in [0.2, 0.25) is 0 Å². The predicted molar refractivity (Wildman–Crippen MR) is 74.8 cm³/mol. The van der Waals surface area contributed by atoms with Gasteiger partial charge in [0.2, 0.25) is 0 Å². The van der Waals surface area contributed by atoms with Crippen LogP contribution in [0.3, 0.4) is 0 Å². The number of hydrogen-bond donors (Lipinski definition) is 0. The standard InChI is InChI=1S/C12H21N3O2.C2H6/c1-13-5-7-14(8-6-13)11(16)17-15-9-12(10-15)3-2-4-12;1-2/h2-10H2,1H3;1-2H3. The van der Waals surface area contributed by atoms with E-state index in [0.717, 1.165) is 39.3 Å². The van der Waals surface area contributed by atoms with Gasteiger partial charge in [-0.15, -0.1) is 5.06 Å². The van der Waals surface area contributed by atoms with E-state index in [9.17, 15) is 4.79 Å². The first-order chi connectivity index (χ1) is 9.17. The molecule has 0 aromatic rings. The van der Waals surface area contributed by atoms with E-state index in [-0.39, 0.29) is 6.09 Å². The summed E-state index contributed by atoms with van der Waals surface area (Å²) in [5, 5.41) is 1.83. The average molecular weight is 269 g/mol. The lowest BCUT2D eigenvalue weighted by Gasteiger charge is -2.54. The number of nitrogens with zero attached hydrogens (tertiary/aromatic N) is 3. The highest BCUT2D eigenvalue weighted by atomic mass is 16.7. The molecule has 1 saturated carbocycles. The van der Waals surface area contributed by atoms with Crippen molar-refractivity contribution in [2.45, 2.75) is 33.1 Å². The largest absolute Gasteiger partial charge is 0.429 e. The van der Waals surface area contributed by atoms with E-state index in [1.807, 2.05) is 23.8 Å². The molecular weight excluding hydrogens is 242 g/mol. The second kappa shape index (κ2) is 6.09. The Kier molecular flexibility index (Phi) is 4.68. The van der Waals surface area contributed by atoms with Crippen LogP contribution in [0.15, 0.2) is 0 Å². The van der Waals surface area contributed by atoms with Crippen LogP contribution in [-0.2, 0) is 4.84 Å². The van der Waals surface area contributed by atoms with Crippen LogP contribution in [0.1, 0.15) is 33.1 Å². The molecule has 1 amide bonds. The summed E-state index contributed by atoms with van der Waals surface area (Å²) in [6, 6.07) is 0. The number of piperazine rings is 1. The molecule has 19 heavy (non-hydrogen) atoms. The van der Waals surface area contributed by atoms with E-state index < -0.39 is 0 Å². The Morgan fingerprint density at radius 3 is 2.11 bits per heavy atom. The summed E-state index contributed by atoms with van der Waals surface area (Å²) in [4.78, 5) is 21.3. The van der Waals surface area contributed by atoms with E-state index in [2.05, 4.69) is 11.9 Å². The van der Waals surface area contributed by atoms with Gasteiger partial charge in [-0.3, -0.25) is 0 Å². The van der Waals surface area contributed by atoms with E-state index >= 15 is 0 Å². The molecule has 0 aromatic heterocycles. The molecule has 110 valence electrons. The Hall–Kier alpha value is -0.810. The maximum absolute atomic E-state index is 11.9. The number of amides is 1. The van der Waals surface area contributed by atoms with Gasteiger partial charge in [-0.25, -0.2) is 4.79 Å². The van der Waals surface area contributed by atoms with Crippen molar-refractivity contribution in [3.63, 3.8) is 0 Å². The third-order valence-corrected chi connectivity index (χ3v) is 4.41. The highest BCUT2D eigenvalue weighted by Crippen LogP contribution is 2.48. The van der Waals surface area contributed by atoms with Crippen molar-refractivity contribution in [2.24, 2.45) is 5.41 Å². The maximum Gasteiger partial charge on any atom is 0.429 e. The lowest BCUT2D eigenvalue weighted by molar-refractivity contribution is -0.233. The van der Waals surface area contributed by atoms with Crippen LogP contribution in [0.5, 0.6) is 0 Å². The molecule has 3 rings (SSSR count). The quantitative estimate of drug-likeness (QED) is 0.727. The van der Waals surface area contributed by atoms with Gasteiger partial charge in [0.15, 0.2) is 0 Å². The normalized spacial score (nSPS) is 25.9. The van der Waals surface area contributed by atoms with E-state index in [1.54, 1.807) is 0 Å². The Bertz CT molecular complexity index is 302. The summed E-state index contributed by atoms with van der Waals surface area (Å²) < 4.78 is 0. The Morgan fingerprint density at radius 1 is 1.05 bits per heavy atom. The Labute approximate surface area is 116 Å². The zero-order valence-corrected chi connectivity index (χ0v) is 12.5. The number of carbonyl (C=O) groups excluding carboxylic acids is 1. The van der Waals surface area contributed by atoms with Crippen LogP contribution in [0, 0.1) is 5.41 Å². The van der Waals surface area contributed by atoms with E-state index in [0.29, 0.717) is 5.41 Å². The number of likely N-dealkylation sites (N-methyl/N-ethyl adjacent to an activating group) is 1. The Morgan fingerprint density at radius 2 is 1.63 bits per heavy atom. The minimum absolute atomic E-state index is 0.160. The molecule has 0 atom stereocenters. The molecule has 0 N–H and O–H groups in total. The van der Waals surface area contributed by atoms with Gasteiger partial charge in [-0.05, 0) is 19.9 Å². The fraction of sp³-hybridized carbons (Fsp3) is 0.929. The maximum atomic E-state index is 11.9. The molecule has 0 bridgehead atoms. The molecule has 0 aromatic carbocycles. The molecular formula is C14H27N3O2. The molecule has 5 heteroatoms. The molecule has 2 saturated heterocycles. The predicted octanol–water partition coefficient (Wildman–Crippen LogP) is 1.80. The number of hydroxylamine groups is 2. The number of carbonyl (C=O) groups is 1. The van der Waals surface area contributed by atoms with Gasteiger partial charge in [0.25, 0.3) is 0 Å². The summed E-state index contributed by atoms with van der Waals surface area (Å²) in [7, 11) is 2.08. The lowest BCUT2D eigenvalue weighted by atomic mass is 9.64. The average Bonchev–Trinajstić information content (AvgIpc) is 2.34. The minimum atomic E-state index is -0.160. The zero-order valence-electron chi connectivity index (χ0n) is 12.5. The fourth-order valence-electron chi connectivity index (χ4n) is 2.92. The van der Waals surface area contributed by atoms with Gasteiger partial charge < -0.3 is 14.6 Å². The van der Waals surface area contributed by atoms with Gasteiger partial charge in [0, 0.05) is 44.7 Å². The van der Waals surface area contributed by atoms with Crippen molar-refractivity contribution >= 4 is 6.09 Å². The van der Waals surface area contributed by atoms with Crippen molar-refractivity contribution in [1.82, 2.24) is 14.9 Å². The molecule has 2 heterocycles. The van der Waals surface area contributed by atoms with E-state index in [4.69, 9.17) is 4.84 Å². The highest BCUT2D eigenvalue weighted by Gasteiger charge is 2.49. The number of rotatable bonds is 1. The third kappa shape index (κ3) is 3.20. The topological polar surface area (TPSA) is 36.0 Å². The van der Waals surface area contributed by atoms with Gasteiger partial charge in [-0.1, -0.05) is 20.3 Å². The monoisotopic (exact) mass is 269 g/mol.